The topological polar surface area (TPSA) is 121 Å². The smallest absolute Gasteiger partial charge is 0.321 e. The van der Waals surface area contributed by atoms with Crippen molar-refractivity contribution >= 4 is 23.7 Å². The van der Waals surface area contributed by atoms with E-state index in [2.05, 4.69) is 13.8 Å². The molecule has 1 rings (SSSR count). The van der Waals surface area contributed by atoms with Crippen LogP contribution in [0.15, 0.2) is 24.3 Å². The Morgan fingerprint density at radius 3 is 2.08 bits per heavy atom. The zero-order chi connectivity index (χ0) is 20.1. The largest absolute Gasteiger partial charge is 0.481 e. The molecule has 0 bridgehead atoms. The van der Waals surface area contributed by atoms with Crippen molar-refractivity contribution in [1.29, 1.82) is 0 Å². The number of nitrogens with two attached hydrogens (primary N) is 1. The first-order chi connectivity index (χ1) is 12.2. The Kier molecular flexibility index (Phi) is 12.8. The van der Waals surface area contributed by atoms with Gasteiger partial charge < -0.3 is 21.1 Å². The molecule has 5 N–H and O–H groups in total. The molecule has 7 heteroatoms. The third kappa shape index (κ3) is 11.1. The molecule has 0 radical (unpaired) electrons. The highest BCUT2D eigenvalue weighted by atomic mass is 32.2. The molecule has 2 atom stereocenters. The summed E-state index contributed by atoms with van der Waals surface area (Å²) in [5.41, 5.74) is 7.36. The SMILES string of the molecule is CC(C)Cc1ccc(C(C)C(=O)O)cc1.N[C@@H](CSCCCO)C(=O)O. The van der Waals surface area contributed by atoms with Crippen molar-refractivity contribution in [3.05, 3.63) is 35.4 Å². The van der Waals surface area contributed by atoms with Crippen molar-refractivity contribution in [2.45, 2.75) is 45.6 Å². The predicted octanol–water partition coefficient (Wildman–Crippen LogP) is 2.59. The third-order valence-electron chi connectivity index (χ3n) is 3.56. The Balaban J connectivity index is 0.000000508. The van der Waals surface area contributed by atoms with Gasteiger partial charge in [-0.15, -0.1) is 0 Å². The van der Waals surface area contributed by atoms with Crippen LogP contribution in [0, 0.1) is 5.92 Å². The van der Waals surface area contributed by atoms with Crippen LogP contribution in [0.2, 0.25) is 0 Å². The number of aliphatic carboxylic acids is 2. The minimum absolute atomic E-state index is 0.148. The predicted molar refractivity (Wildman–Crippen MR) is 106 cm³/mol. The van der Waals surface area contributed by atoms with E-state index in [9.17, 15) is 9.59 Å². The van der Waals surface area contributed by atoms with Gasteiger partial charge in [0.2, 0.25) is 0 Å². The second-order valence-electron chi connectivity index (χ2n) is 6.50. The molecule has 0 spiro atoms. The highest BCUT2D eigenvalue weighted by molar-refractivity contribution is 7.99. The molecule has 6 nitrogen and oxygen atoms in total. The van der Waals surface area contributed by atoms with E-state index in [1.807, 2.05) is 24.3 Å². The third-order valence-corrected chi connectivity index (χ3v) is 4.73. The Hall–Kier alpha value is -1.57. The van der Waals surface area contributed by atoms with Crippen LogP contribution < -0.4 is 5.73 Å². The summed E-state index contributed by atoms with van der Waals surface area (Å²) in [5.74, 6) is -0.355. The Bertz CT molecular complexity index is 533. The first kappa shape index (κ1) is 24.4. The lowest BCUT2D eigenvalue weighted by Crippen LogP contribution is -2.32. The van der Waals surface area contributed by atoms with E-state index < -0.39 is 23.9 Å². The Labute approximate surface area is 159 Å². The van der Waals surface area contributed by atoms with E-state index in [0.29, 0.717) is 18.1 Å². The fraction of sp³-hybridized carbons (Fsp3) is 0.579. The molecule has 0 saturated heterocycles. The van der Waals surface area contributed by atoms with Gasteiger partial charge in [0.25, 0.3) is 0 Å². The maximum Gasteiger partial charge on any atom is 0.321 e. The molecular formula is C19H31NO5S. The minimum Gasteiger partial charge on any atom is -0.481 e. The van der Waals surface area contributed by atoms with Gasteiger partial charge in [0.05, 0.1) is 5.92 Å². The molecule has 1 unspecified atom stereocenters. The van der Waals surface area contributed by atoms with Crippen LogP contribution in [-0.4, -0.2) is 51.4 Å². The van der Waals surface area contributed by atoms with Gasteiger partial charge >= 0.3 is 11.9 Å². The molecule has 0 amide bonds. The monoisotopic (exact) mass is 385 g/mol. The molecule has 1 aromatic rings. The van der Waals surface area contributed by atoms with E-state index in [1.54, 1.807) is 6.92 Å². The minimum atomic E-state index is -0.971. The summed E-state index contributed by atoms with van der Waals surface area (Å²) in [7, 11) is 0. The number of thioether (sulfide) groups is 1. The highest BCUT2D eigenvalue weighted by Gasteiger charge is 2.13. The summed E-state index contributed by atoms with van der Waals surface area (Å²) >= 11 is 1.45. The van der Waals surface area contributed by atoms with Crippen molar-refractivity contribution in [1.82, 2.24) is 0 Å². The summed E-state index contributed by atoms with van der Waals surface area (Å²) in [4.78, 5) is 20.9. The number of carboxylic acids is 2. The summed E-state index contributed by atoms with van der Waals surface area (Å²) < 4.78 is 0. The lowest BCUT2D eigenvalue weighted by Gasteiger charge is -2.09. The number of hydrogen-bond acceptors (Lipinski definition) is 5. The molecule has 0 aliphatic carbocycles. The molecular weight excluding hydrogens is 354 g/mol. The fourth-order valence-electron chi connectivity index (χ4n) is 2.00. The molecule has 0 aromatic heterocycles. The van der Waals surface area contributed by atoms with E-state index in [1.165, 1.54) is 17.3 Å². The van der Waals surface area contributed by atoms with Gasteiger partial charge in [-0.05, 0) is 42.6 Å². The molecule has 0 saturated carbocycles. The zero-order valence-electron chi connectivity index (χ0n) is 15.7. The summed E-state index contributed by atoms with van der Waals surface area (Å²) in [6, 6.07) is 7.09. The van der Waals surface area contributed by atoms with Gasteiger partial charge in [0.1, 0.15) is 6.04 Å². The normalized spacial score (nSPS) is 12.8. The fourth-order valence-corrected chi connectivity index (χ4v) is 2.90. The van der Waals surface area contributed by atoms with Gasteiger partial charge in [0, 0.05) is 12.4 Å². The van der Waals surface area contributed by atoms with Gasteiger partial charge in [-0.1, -0.05) is 38.1 Å². The van der Waals surface area contributed by atoms with Gasteiger partial charge in [-0.3, -0.25) is 9.59 Å². The second kappa shape index (κ2) is 13.6. The van der Waals surface area contributed by atoms with Crippen LogP contribution in [0.4, 0.5) is 0 Å². The molecule has 1 aromatic carbocycles. The van der Waals surface area contributed by atoms with Crippen molar-refractivity contribution < 1.29 is 24.9 Å². The van der Waals surface area contributed by atoms with Crippen LogP contribution in [0.5, 0.6) is 0 Å². The van der Waals surface area contributed by atoms with Gasteiger partial charge in [0.15, 0.2) is 0 Å². The Morgan fingerprint density at radius 1 is 1.08 bits per heavy atom. The van der Waals surface area contributed by atoms with Crippen molar-refractivity contribution in [3.63, 3.8) is 0 Å². The zero-order valence-corrected chi connectivity index (χ0v) is 16.5. The average Bonchev–Trinajstić information content (AvgIpc) is 2.58. The first-order valence-electron chi connectivity index (χ1n) is 8.67. The van der Waals surface area contributed by atoms with Crippen molar-refractivity contribution in [3.8, 4) is 0 Å². The number of aliphatic hydroxyl groups is 1. The van der Waals surface area contributed by atoms with E-state index in [4.69, 9.17) is 21.1 Å². The lowest BCUT2D eigenvalue weighted by atomic mass is 9.97. The quantitative estimate of drug-likeness (QED) is 0.457. The Morgan fingerprint density at radius 2 is 1.65 bits per heavy atom. The molecule has 0 aliphatic rings. The van der Waals surface area contributed by atoms with Gasteiger partial charge in [-0.2, -0.15) is 11.8 Å². The van der Waals surface area contributed by atoms with Crippen LogP contribution in [-0.2, 0) is 16.0 Å². The lowest BCUT2D eigenvalue weighted by molar-refractivity contribution is -0.139. The molecule has 26 heavy (non-hydrogen) atoms. The second-order valence-corrected chi connectivity index (χ2v) is 7.65. The number of aliphatic hydroxyl groups excluding tert-OH is 1. The van der Waals surface area contributed by atoms with Gasteiger partial charge in [-0.25, -0.2) is 0 Å². The van der Waals surface area contributed by atoms with Crippen LogP contribution >= 0.6 is 11.8 Å². The number of rotatable bonds is 10. The van der Waals surface area contributed by atoms with Crippen LogP contribution in [0.25, 0.3) is 0 Å². The summed E-state index contributed by atoms with van der Waals surface area (Å²) in [6.07, 6.45) is 1.73. The number of benzene rings is 1. The number of carbonyl (C=O) groups is 2. The van der Waals surface area contributed by atoms with Crippen molar-refractivity contribution in [2.75, 3.05) is 18.1 Å². The maximum absolute atomic E-state index is 10.8. The maximum atomic E-state index is 10.8. The molecule has 0 fully saturated rings. The van der Waals surface area contributed by atoms with E-state index in [-0.39, 0.29) is 6.61 Å². The highest BCUT2D eigenvalue weighted by Crippen LogP contribution is 2.17. The number of hydrogen-bond donors (Lipinski definition) is 4. The number of carboxylic acid groups (broad SMARTS) is 2. The molecule has 0 aliphatic heterocycles. The van der Waals surface area contributed by atoms with E-state index >= 15 is 0 Å². The summed E-state index contributed by atoms with van der Waals surface area (Å²) in [6.45, 7) is 6.21. The van der Waals surface area contributed by atoms with Crippen LogP contribution in [0.1, 0.15) is 44.2 Å². The van der Waals surface area contributed by atoms with Crippen LogP contribution in [0.3, 0.4) is 0 Å². The van der Waals surface area contributed by atoms with Crippen molar-refractivity contribution in [2.24, 2.45) is 11.7 Å². The first-order valence-corrected chi connectivity index (χ1v) is 9.83. The van der Waals surface area contributed by atoms with E-state index in [0.717, 1.165) is 17.7 Å². The average molecular weight is 386 g/mol. The molecule has 148 valence electrons. The summed E-state index contributed by atoms with van der Waals surface area (Å²) in [5, 5.41) is 25.6. The standard InChI is InChI=1S/C13H18O2.C6H13NO3S/c1-9(2)8-11-4-6-12(7-5-11)10(3)13(14)15;7-5(6(9)10)4-11-3-1-2-8/h4-7,9-10H,8H2,1-3H3,(H,14,15);5,8H,1-4,7H2,(H,9,10)/t;5-/m.0/s1. The molecule has 0 heterocycles.